The molecule has 0 spiro atoms. The van der Waals surface area contributed by atoms with E-state index in [9.17, 15) is 5.26 Å². The molecular weight excluding hydrogens is 280 g/mol. The predicted molar refractivity (Wildman–Crippen MR) is 94.1 cm³/mol. The summed E-state index contributed by atoms with van der Waals surface area (Å²) in [6.45, 7) is 11.2. The summed E-state index contributed by atoms with van der Waals surface area (Å²) >= 11 is 1.14. The lowest BCUT2D eigenvalue weighted by Gasteiger charge is -2.08. The first-order valence-corrected chi connectivity index (χ1v) is 6.08. The van der Waals surface area contributed by atoms with Crippen LogP contribution in [0.2, 0.25) is 0 Å². The van der Waals surface area contributed by atoms with E-state index in [1.807, 2.05) is 13.8 Å². The number of hydrogen-bond donors (Lipinski definition) is 0. The summed E-state index contributed by atoms with van der Waals surface area (Å²) in [5, 5.41) is 9.24. The fourth-order valence-electron chi connectivity index (χ4n) is 2.03. The molecule has 0 radical (unpaired) electrons. The number of nitriles is 1. The highest BCUT2D eigenvalue weighted by molar-refractivity contribution is 7.00. The number of hydrogen-bond acceptors (Lipinski definition) is 4. The molecule has 5 heteroatoms. The van der Waals surface area contributed by atoms with Gasteiger partial charge in [-0.15, -0.1) is 0 Å². The van der Waals surface area contributed by atoms with Crippen LogP contribution in [0.25, 0.3) is 15.9 Å². The van der Waals surface area contributed by atoms with Gasteiger partial charge in [0.2, 0.25) is 5.69 Å². The summed E-state index contributed by atoms with van der Waals surface area (Å²) in [5.74, 6) is 0. The molecule has 0 bridgehead atoms. The van der Waals surface area contributed by atoms with Crippen LogP contribution >= 0.6 is 11.7 Å². The van der Waals surface area contributed by atoms with Crippen molar-refractivity contribution in [2.24, 2.45) is 0 Å². The number of rotatable bonds is 2. The Morgan fingerprint density at radius 2 is 1.52 bits per heavy atom. The van der Waals surface area contributed by atoms with Gasteiger partial charge in [-0.05, 0) is 24.0 Å². The van der Waals surface area contributed by atoms with Crippen LogP contribution < -0.4 is 0 Å². The van der Waals surface area contributed by atoms with Gasteiger partial charge in [-0.3, -0.25) is 0 Å². The van der Waals surface area contributed by atoms with Gasteiger partial charge in [-0.1, -0.05) is 43.6 Å². The van der Waals surface area contributed by atoms with Crippen LogP contribution in [0.1, 0.15) is 60.2 Å². The van der Waals surface area contributed by atoms with E-state index in [4.69, 9.17) is 6.57 Å². The van der Waals surface area contributed by atoms with Gasteiger partial charge in [0.1, 0.15) is 5.52 Å². The lowest BCUT2D eigenvalue weighted by atomic mass is 9.96. The first-order chi connectivity index (χ1) is 8.28. The van der Waals surface area contributed by atoms with Crippen LogP contribution in [-0.2, 0) is 12.8 Å². The molecule has 0 aliphatic rings. The third-order valence-electron chi connectivity index (χ3n) is 2.82. The van der Waals surface area contributed by atoms with Crippen molar-refractivity contribution >= 4 is 28.4 Å². The molecule has 0 aliphatic carbocycles. The molecule has 0 amide bonds. The van der Waals surface area contributed by atoms with Crippen molar-refractivity contribution in [1.82, 2.24) is 8.75 Å². The van der Waals surface area contributed by atoms with Crippen molar-refractivity contribution in [3.8, 4) is 6.07 Å². The minimum atomic E-state index is 0. The van der Waals surface area contributed by atoms with Crippen molar-refractivity contribution in [2.75, 3.05) is 0 Å². The number of fused-ring (bicyclic) bond motifs is 1. The first kappa shape index (κ1) is 24.1. The van der Waals surface area contributed by atoms with Crippen molar-refractivity contribution < 1.29 is 0 Å². The van der Waals surface area contributed by atoms with Gasteiger partial charge < -0.3 is 0 Å². The Kier molecular flexibility index (Phi) is 11.3. The monoisotopic (exact) mass is 306 g/mol. The van der Waals surface area contributed by atoms with Gasteiger partial charge in [0.15, 0.2) is 0 Å². The molecule has 116 valence electrons. The van der Waals surface area contributed by atoms with Crippen LogP contribution in [0.15, 0.2) is 0 Å². The molecule has 0 saturated carbocycles. The van der Waals surface area contributed by atoms with Crippen molar-refractivity contribution in [3.63, 3.8) is 0 Å². The average molecular weight is 306 g/mol. The molecule has 4 nitrogen and oxygen atoms in total. The quantitative estimate of drug-likeness (QED) is 0.660. The Hall–Kier alpha value is -1.98. The van der Waals surface area contributed by atoms with E-state index < -0.39 is 0 Å². The van der Waals surface area contributed by atoms with E-state index in [1.165, 1.54) is 0 Å². The maximum absolute atomic E-state index is 9.24. The lowest BCUT2D eigenvalue weighted by Crippen LogP contribution is -1.95. The fourth-order valence-corrected chi connectivity index (χ4v) is 2.63. The number of benzene rings is 1. The molecule has 2 rings (SSSR count). The number of aromatic nitrogens is 2. The molecule has 0 fully saturated rings. The highest BCUT2D eigenvalue weighted by Crippen LogP contribution is 2.35. The van der Waals surface area contributed by atoms with Crippen molar-refractivity contribution in [3.05, 3.63) is 28.1 Å². The third kappa shape index (κ3) is 3.56. The topological polar surface area (TPSA) is 53.9 Å². The second-order valence-electron chi connectivity index (χ2n) is 3.57. The lowest BCUT2D eigenvalue weighted by molar-refractivity contribution is 1.12. The molecular formula is C16H26N4S. The average Bonchev–Trinajstić information content (AvgIpc) is 2.84. The molecule has 21 heavy (non-hydrogen) atoms. The van der Waals surface area contributed by atoms with Crippen LogP contribution in [0.3, 0.4) is 0 Å². The smallest absolute Gasteiger partial charge is 0.210 e. The molecule has 0 saturated heterocycles. The Morgan fingerprint density at radius 1 is 1.05 bits per heavy atom. The third-order valence-corrected chi connectivity index (χ3v) is 3.34. The molecule has 1 heterocycles. The Balaban J connectivity index is -0.000000810. The van der Waals surface area contributed by atoms with Crippen molar-refractivity contribution in [1.29, 1.82) is 5.26 Å². The van der Waals surface area contributed by atoms with E-state index in [0.29, 0.717) is 24.1 Å². The largest absolute Gasteiger partial charge is 0.236 e. The zero-order chi connectivity index (χ0) is 12.4. The number of nitrogens with zero attached hydrogens (tertiary/aromatic N) is 4. The van der Waals surface area contributed by atoms with Gasteiger partial charge in [0, 0.05) is 0 Å². The summed E-state index contributed by atoms with van der Waals surface area (Å²) in [7, 11) is 0. The standard InChI is InChI=1S/C12H10N4S.4CH4/c1-4-7-9(6-13)10(14-3)8(5-2)12-11(7)15-17-16-12;;;;/h4-5H2,1-2H3;4*1H4. The zero-order valence-corrected chi connectivity index (χ0v) is 10.4. The van der Waals surface area contributed by atoms with Gasteiger partial charge in [0.25, 0.3) is 0 Å². The Bertz CT molecular complexity index is 603. The number of aryl methyl sites for hydroxylation is 2. The van der Waals surface area contributed by atoms with Gasteiger partial charge in [-0.25, -0.2) is 4.85 Å². The highest BCUT2D eigenvalue weighted by Gasteiger charge is 2.20. The van der Waals surface area contributed by atoms with Gasteiger partial charge >= 0.3 is 0 Å². The molecule has 2 aromatic rings. The predicted octanol–water partition coefficient (Wildman–Crippen LogP) is 5.78. The Morgan fingerprint density at radius 3 is 1.90 bits per heavy atom. The molecule has 1 aromatic carbocycles. The van der Waals surface area contributed by atoms with Crippen molar-refractivity contribution in [2.45, 2.75) is 56.4 Å². The highest BCUT2D eigenvalue weighted by atomic mass is 32.1. The maximum atomic E-state index is 9.24. The first-order valence-electron chi connectivity index (χ1n) is 5.35. The van der Waals surface area contributed by atoms with E-state index in [-0.39, 0.29) is 29.7 Å². The summed E-state index contributed by atoms with van der Waals surface area (Å²) in [5.41, 5.74) is 4.20. The fraction of sp³-hybridized carbons (Fsp3) is 0.500. The van der Waals surface area contributed by atoms with Crippen LogP contribution in [-0.4, -0.2) is 8.75 Å². The summed E-state index contributed by atoms with van der Waals surface area (Å²) in [6, 6.07) is 2.15. The summed E-state index contributed by atoms with van der Waals surface area (Å²) < 4.78 is 8.52. The van der Waals surface area contributed by atoms with Gasteiger partial charge in [0.05, 0.1) is 35.4 Å². The van der Waals surface area contributed by atoms with E-state index in [0.717, 1.165) is 33.9 Å². The molecule has 1 aromatic heterocycles. The molecule has 0 N–H and O–H groups in total. The Labute approximate surface area is 133 Å². The SMILES string of the molecule is C.C.C.C.[C-]#[N+]c1c(C#N)c(CC)c2nsnc2c1CC. The van der Waals surface area contributed by atoms with E-state index in [1.54, 1.807) is 0 Å². The molecule has 0 aliphatic heterocycles. The summed E-state index contributed by atoms with van der Waals surface area (Å²) in [4.78, 5) is 3.51. The van der Waals surface area contributed by atoms with Crippen LogP contribution in [0.4, 0.5) is 5.69 Å². The summed E-state index contributed by atoms with van der Waals surface area (Å²) in [6.07, 6.45) is 1.38. The van der Waals surface area contributed by atoms with E-state index >= 15 is 0 Å². The van der Waals surface area contributed by atoms with Crippen LogP contribution in [0.5, 0.6) is 0 Å². The van der Waals surface area contributed by atoms with Gasteiger partial charge in [-0.2, -0.15) is 14.0 Å². The van der Waals surface area contributed by atoms with Crippen LogP contribution in [0, 0.1) is 17.9 Å². The zero-order valence-electron chi connectivity index (χ0n) is 9.61. The normalized spacial score (nSPS) is 8.19. The maximum Gasteiger partial charge on any atom is 0.210 e. The minimum absolute atomic E-state index is 0. The second kappa shape index (κ2) is 9.85. The minimum Gasteiger partial charge on any atom is -0.236 e. The van der Waals surface area contributed by atoms with E-state index in [2.05, 4.69) is 19.7 Å². The molecule has 0 unspecified atom stereocenters. The molecule has 0 atom stereocenters. The second-order valence-corrected chi connectivity index (χ2v) is 4.10.